The van der Waals surface area contributed by atoms with Crippen LogP contribution in [-0.4, -0.2) is 46.1 Å². The van der Waals surface area contributed by atoms with Crippen LogP contribution in [0.2, 0.25) is 0 Å². The molecule has 0 radical (unpaired) electrons. The number of carbonyl (C=O) groups is 2. The van der Waals surface area contributed by atoms with Crippen LogP contribution in [0.25, 0.3) is 11.3 Å². The van der Waals surface area contributed by atoms with Gasteiger partial charge in [-0.15, -0.1) is 13.2 Å². The summed E-state index contributed by atoms with van der Waals surface area (Å²) in [5.41, 5.74) is 7.03. The second-order valence-corrected chi connectivity index (χ2v) is 11.2. The first-order valence-electron chi connectivity index (χ1n) is 14.2. The highest BCUT2D eigenvalue weighted by atomic mass is 19.4. The average Bonchev–Trinajstić information content (AvgIpc) is 3.64. The molecule has 3 saturated carbocycles. The zero-order valence-electron chi connectivity index (χ0n) is 23.3. The normalized spacial score (nSPS) is 21.0. The number of nitrogens with two attached hydrogens (primary N) is 1. The highest BCUT2D eigenvalue weighted by Crippen LogP contribution is 2.47. The van der Waals surface area contributed by atoms with Crippen molar-refractivity contribution < 1.29 is 41.9 Å². The number of pyridine rings is 1. The summed E-state index contributed by atoms with van der Waals surface area (Å²) in [4.78, 5) is 25.0. The van der Waals surface area contributed by atoms with Gasteiger partial charge in [0.25, 0.3) is 5.91 Å². The van der Waals surface area contributed by atoms with E-state index in [-0.39, 0.29) is 28.9 Å². The number of aliphatic carboxylic acids is 1. The maximum Gasteiger partial charge on any atom is 0.573 e. The maximum atomic E-state index is 12.9. The smallest absolute Gasteiger partial charge is 0.480 e. The molecule has 3 aliphatic carbocycles. The topological polar surface area (TPSA) is 150 Å². The number of hydrogen-bond donors (Lipinski definition) is 3. The van der Waals surface area contributed by atoms with Crippen molar-refractivity contribution >= 4 is 17.7 Å². The zero-order valence-corrected chi connectivity index (χ0v) is 23.3. The molecule has 230 valence electrons. The number of rotatable bonds is 9. The Morgan fingerprint density at radius 2 is 1.77 bits per heavy atom. The van der Waals surface area contributed by atoms with Gasteiger partial charge < -0.3 is 30.2 Å². The summed E-state index contributed by atoms with van der Waals surface area (Å²) in [6.45, 7) is -0.0989. The fourth-order valence-corrected chi connectivity index (χ4v) is 5.80. The molecule has 6 rings (SSSR count). The number of amides is 1. The number of hydrogen-bond acceptors (Lipinski definition) is 8. The molecule has 1 aromatic carbocycles. The molecule has 2 bridgehead atoms. The van der Waals surface area contributed by atoms with Gasteiger partial charge in [0.05, 0.1) is 18.3 Å². The Morgan fingerprint density at radius 3 is 2.40 bits per heavy atom. The number of carboxylic acid groups (broad SMARTS) is 1. The molecule has 10 nitrogen and oxygen atoms in total. The van der Waals surface area contributed by atoms with Gasteiger partial charge >= 0.3 is 12.3 Å². The predicted octanol–water partition coefficient (Wildman–Crippen LogP) is 5.69. The molecule has 3 aliphatic rings. The van der Waals surface area contributed by atoms with Crippen LogP contribution >= 0.6 is 0 Å². The third-order valence-electron chi connectivity index (χ3n) is 7.89. The molecule has 0 spiro atoms. The number of nitrogens with one attached hydrogen (secondary N) is 1. The Bertz CT molecular complexity index is 1410. The lowest BCUT2D eigenvalue weighted by molar-refractivity contribution is -0.274. The van der Waals surface area contributed by atoms with Gasteiger partial charge in [-0.25, -0.2) is 4.98 Å². The minimum atomic E-state index is -4.77. The minimum Gasteiger partial charge on any atom is -0.480 e. The summed E-state index contributed by atoms with van der Waals surface area (Å²) in [5.74, 6) is 0.997. The highest BCUT2D eigenvalue weighted by Gasteiger charge is 2.37. The Labute approximate surface area is 245 Å². The molecule has 13 heteroatoms. The molecule has 2 atom stereocenters. The monoisotopic (exact) mass is 602 g/mol. The SMILES string of the molecule is FC(F)(F)Oc1ccccc1-c1noc(C2CC2)c1COC1CC2CCC(C2)C1.Nc1ccc(C(=O)NCC(=O)O)cn1. The van der Waals surface area contributed by atoms with E-state index in [9.17, 15) is 22.8 Å². The summed E-state index contributed by atoms with van der Waals surface area (Å²) in [6.07, 6.45) is 4.78. The van der Waals surface area contributed by atoms with Gasteiger partial charge in [-0.05, 0) is 68.2 Å². The third-order valence-corrected chi connectivity index (χ3v) is 7.89. The number of alkyl halides is 3. The molecule has 3 aromatic rings. The molecule has 1 amide bonds. The van der Waals surface area contributed by atoms with Gasteiger partial charge in [-0.2, -0.15) is 0 Å². The number of carboxylic acids is 1. The first-order chi connectivity index (χ1) is 20.6. The molecule has 2 heterocycles. The molecular weight excluding hydrogens is 569 g/mol. The van der Waals surface area contributed by atoms with Crippen LogP contribution in [0, 0.1) is 11.8 Å². The summed E-state index contributed by atoms with van der Waals surface area (Å²) in [5, 5.41) is 14.6. The number of fused-ring (bicyclic) bond motifs is 2. The van der Waals surface area contributed by atoms with Crippen molar-refractivity contribution in [1.29, 1.82) is 0 Å². The number of halogens is 3. The number of ether oxygens (including phenoxy) is 2. The van der Waals surface area contributed by atoms with Crippen LogP contribution in [0.4, 0.5) is 19.0 Å². The lowest BCUT2D eigenvalue weighted by atomic mass is 9.87. The van der Waals surface area contributed by atoms with Crippen LogP contribution < -0.4 is 15.8 Å². The van der Waals surface area contributed by atoms with Crippen LogP contribution in [0.1, 0.15) is 72.5 Å². The van der Waals surface area contributed by atoms with E-state index < -0.39 is 24.8 Å². The summed E-state index contributed by atoms with van der Waals surface area (Å²) in [6, 6.07) is 9.01. The second kappa shape index (κ2) is 13.0. The minimum absolute atomic E-state index is 0.206. The molecule has 2 aromatic heterocycles. The van der Waals surface area contributed by atoms with Crippen LogP contribution in [-0.2, 0) is 16.1 Å². The van der Waals surface area contributed by atoms with Crippen molar-refractivity contribution in [2.45, 2.75) is 69.9 Å². The van der Waals surface area contributed by atoms with Crippen molar-refractivity contribution in [2.24, 2.45) is 11.8 Å². The molecule has 43 heavy (non-hydrogen) atoms. The van der Waals surface area contributed by atoms with Gasteiger partial charge in [0.1, 0.15) is 29.6 Å². The molecule has 0 aliphatic heterocycles. The Kier molecular flexibility index (Phi) is 9.19. The number of anilines is 1. The van der Waals surface area contributed by atoms with Gasteiger partial charge in [0, 0.05) is 23.2 Å². The van der Waals surface area contributed by atoms with Crippen molar-refractivity contribution in [2.75, 3.05) is 12.3 Å². The largest absolute Gasteiger partial charge is 0.573 e. The van der Waals surface area contributed by atoms with Crippen LogP contribution in [0.3, 0.4) is 0 Å². The van der Waals surface area contributed by atoms with E-state index in [2.05, 4.69) is 20.2 Å². The van der Waals surface area contributed by atoms with Crippen LogP contribution in [0.5, 0.6) is 5.75 Å². The Hall–Kier alpha value is -4.13. The standard InChI is InChI=1S/C22H24F3NO3.C8H9N3O3/c23-22(24,25)28-19-4-2-1-3-17(19)20-18(21(29-26-20)15-7-8-15)12-27-16-10-13-5-6-14(9-13)11-16;9-6-2-1-5(3-10-6)8(14)11-4-7(12)13/h1-4,13-16H,5-12H2;1-3H,4H2,(H2,9,10)(H,11,14)(H,12,13). The first kappa shape index (κ1) is 30.3. The summed E-state index contributed by atoms with van der Waals surface area (Å²) < 4.78 is 54.7. The quantitative estimate of drug-likeness (QED) is 0.281. The molecule has 2 unspecified atom stereocenters. The number of aromatic nitrogens is 2. The second-order valence-electron chi connectivity index (χ2n) is 11.2. The third kappa shape index (κ3) is 8.25. The molecular formula is C30H33F3N4O6. The van der Waals surface area contributed by atoms with E-state index in [0.29, 0.717) is 18.1 Å². The van der Waals surface area contributed by atoms with E-state index in [0.717, 1.165) is 48.8 Å². The van der Waals surface area contributed by atoms with E-state index in [1.54, 1.807) is 12.1 Å². The van der Waals surface area contributed by atoms with E-state index in [1.165, 1.54) is 49.7 Å². The van der Waals surface area contributed by atoms with Crippen molar-refractivity contribution in [3.8, 4) is 17.0 Å². The Morgan fingerprint density at radius 1 is 1.05 bits per heavy atom. The number of carbonyl (C=O) groups excluding carboxylic acids is 1. The van der Waals surface area contributed by atoms with Gasteiger partial charge in [-0.1, -0.05) is 30.1 Å². The Balaban J connectivity index is 0.000000222. The fraction of sp³-hybridized carbons (Fsp3) is 0.467. The summed E-state index contributed by atoms with van der Waals surface area (Å²) >= 11 is 0. The number of nitrogen functional groups attached to an aromatic ring is 1. The molecule has 0 saturated heterocycles. The highest BCUT2D eigenvalue weighted by molar-refractivity contribution is 5.95. The average molecular weight is 603 g/mol. The van der Waals surface area contributed by atoms with Crippen molar-refractivity contribution in [1.82, 2.24) is 15.5 Å². The van der Waals surface area contributed by atoms with E-state index in [1.807, 2.05) is 0 Å². The lowest BCUT2D eigenvalue weighted by Gasteiger charge is -2.27. The van der Waals surface area contributed by atoms with Crippen molar-refractivity contribution in [3.63, 3.8) is 0 Å². The predicted molar refractivity (Wildman–Crippen MR) is 148 cm³/mol. The van der Waals surface area contributed by atoms with Gasteiger partial charge in [0.2, 0.25) is 0 Å². The molecule has 3 fully saturated rings. The van der Waals surface area contributed by atoms with Crippen molar-refractivity contribution in [3.05, 3.63) is 59.5 Å². The summed E-state index contributed by atoms with van der Waals surface area (Å²) in [7, 11) is 0. The lowest BCUT2D eigenvalue weighted by Crippen LogP contribution is -2.29. The number of benzene rings is 1. The number of nitrogens with zero attached hydrogens (tertiary/aromatic N) is 2. The van der Waals surface area contributed by atoms with Crippen LogP contribution in [0.15, 0.2) is 47.1 Å². The van der Waals surface area contributed by atoms with Gasteiger partial charge in [0.15, 0.2) is 0 Å². The first-order valence-corrected chi connectivity index (χ1v) is 14.2. The van der Waals surface area contributed by atoms with E-state index >= 15 is 0 Å². The molecule has 4 N–H and O–H groups in total. The van der Waals surface area contributed by atoms with E-state index in [4.69, 9.17) is 20.1 Å². The zero-order chi connectivity index (χ0) is 30.6. The number of para-hydroxylation sites is 1. The fourth-order valence-electron chi connectivity index (χ4n) is 5.80. The van der Waals surface area contributed by atoms with Gasteiger partial charge in [-0.3, -0.25) is 9.59 Å². The maximum absolute atomic E-state index is 12.9.